The third-order valence-corrected chi connectivity index (χ3v) is 4.00. The zero-order valence-corrected chi connectivity index (χ0v) is 12.8. The molecule has 6 heteroatoms. The highest BCUT2D eigenvalue weighted by Crippen LogP contribution is 2.14. The van der Waals surface area contributed by atoms with Gasteiger partial charge in [-0.15, -0.1) is 0 Å². The monoisotopic (exact) mass is 300 g/mol. The van der Waals surface area contributed by atoms with Crippen molar-refractivity contribution in [1.82, 2.24) is 0 Å². The van der Waals surface area contributed by atoms with Crippen molar-refractivity contribution in [3.63, 3.8) is 0 Å². The predicted molar refractivity (Wildman–Crippen MR) is 74.8 cm³/mol. The highest BCUT2D eigenvalue weighted by molar-refractivity contribution is 7.86. The van der Waals surface area contributed by atoms with E-state index in [0.717, 1.165) is 5.56 Å². The van der Waals surface area contributed by atoms with Crippen molar-refractivity contribution < 1.29 is 22.1 Å². The Morgan fingerprint density at radius 1 is 1.25 bits per heavy atom. The van der Waals surface area contributed by atoms with Gasteiger partial charge in [-0.05, 0) is 38.8 Å². The number of hydrogen-bond donors (Lipinski definition) is 0. The van der Waals surface area contributed by atoms with Crippen LogP contribution in [0.5, 0.6) is 0 Å². The maximum Gasteiger partial charge on any atom is 0.302 e. The lowest BCUT2D eigenvalue weighted by atomic mass is 10.2. The van der Waals surface area contributed by atoms with Crippen molar-refractivity contribution in [2.75, 3.05) is 6.61 Å². The SMILES string of the molecule is CC(=O)O[C@@H](C)CCCOS(=O)(=O)c1ccc(C)cc1. The highest BCUT2D eigenvalue weighted by atomic mass is 32.2. The summed E-state index contributed by atoms with van der Waals surface area (Å²) in [6.07, 6.45) is 0.820. The molecule has 0 heterocycles. The lowest BCUT2D eigenvalue weighted by Crippen LogP contribution is -2.14. The average Bonchev–Trinajstić information content (AvgIpc) is 2.34. The van der Waals surface area contributed by atoms with E-state index in [9.17, 15) is 13.2 Å². The van der Waals surface area contributed by atoms with E-state index in [1.54, 1.807) is 19.1 Å². The van der Waals surface area contributed by atoms with Gasteiger partial charge < -0.3 is 4.74 Å². The quantitative estimate of drug-likeness (QED) is 0.439. The molecular weight excluding hydrogens is 280 g/mol. The number of hydrogen-bond acceptors (Lipinski definition) is 5. The van der Waals surface area contributed by atoms with Gasteiger partial charge in [-0.25, -0.2) is 0 Å². The van der Waals surface area contributed by atoms with Crippen LogP contribution in [0.3, 0.4) is 0 Å². The Morgan fingerprint density at radius 3 is 2.40 bits per heavy atom. The molecule has 0 aliphatic rings. The second kappa shape index (κ2) is 7.40. The summed E-state index contributed by atoms with van der Waals surface area (Å²) in [6, 6.07) is 6.48. The molecule has 0 radical (unpaired) electrons. The largest absolute Gasteiger partial charge is 0.463 e. The first-order valence-electron chi connectivity index (χ1n) is 6.44. The molecule has 0 unspecified atom stereocenters. The third kappa shape index (κ3) is 5.71. The van der Waals surface area contributed by atoms with Gasteiger partial charge in [-0.1, -0.05) is 17.7 Å². The molecule has 0 aliphatic heterocycles. The van der Waals surface area contributed by atoms with E-state index >= 15 is 0 Å². The van der Waals surface area contributed by atoms with Gasteiger partial charge in [-0.3, -0.25) is 8.98 Å². The van der Waals surface area contributed by atoms with Gasteiger partial charge >= 0.3 is 5.97 Å². The number of carbonyl (C=O) groups is 1. The molecule has 112 valence electrons. The molecule has 0 amide bonds. The van der Waals surface area contributed by atoms with Crippen LogP contribution in [-0.4, -0.2) is 27.1 Å². The minimum absolute atomic E-state index is 0.0712. The van der Waals surface area contributed by atoms with Gasteiger partial charge in [0.15, 0.2) is 0 Å². The summed E-state index contributed by atoms with van der Waals surface area (Å²) in [5, 5.41) is 0. The minimum atomic E-state index is -3.71. The molecule has 5 nitrogen and oxygen atoms in total. The second-order valence-corrected chi connectivity index (χ2v) is 6.27. The highest BCUT2D eigenvalue weighted by Gasteiger charge is 2.15. The number of rotatable bonds is 7. The van der Waals surface area contributed by atoms with E-state index in [4.69, 9.17) is 8.92 Å². The molecule has 1 rings (SSSR count). The number of aryl methyl sites for hydroxylation is 1. The van der Waals surface area contributed by atoms with Gasteiger partial charge in [0.25, 0.3) is 10.1 Å². The predicted octanol–water partition coefficient (Wildman–Crippen LogP) is 2.43. The lowest BCUT2D eigenvalue weighted by molar-refractivity contribution is -0.145. The zero-order chi connectivity index (χ0) is 15.2. The summed E-state index contributed by atoms with van der Waals surface area (Å²) in [5.41, 5.74) is 0.985. The Kier molecular flexibility index (Phi) is 6.16. The summed E-state index contributed by atoms with van der Waals surface area (Å²) in [5.74, 6) is -0.342. The van der Waals surface area contributed by atoms with E-state index in [1.165, 1.54) is 19.1 Å². The maximum absolute atomic E-state index is 11.9. The molecule has 0 saturated heterocycles. The van der Waals surface area contributed by atoms with Crippen LogP contribution in [0.1, 0.15) is 32.3 Å². The van der Waals surface area contributed by atoms with Gasteiger partial charge in [-0.2, -0.15) is 8.42 Å². The number of ether oxygens (including phenoxy) is 1. The molecule has 0 spiro atoms. The number of carbonyl (C=O) groups excluding carboxylic acids is 1. The second-order valence-electron chi connectivity index (χ2n) is 4.65. The molecular formula is C14H20O5S. The number of benzene rings is 1. The molecule has 0 bridgehead atoms. The van der Waals surface area contributed by atoms with Crippen molar-refractivity contribution in [3.8, 4) is 0 Å². The van der Waals surface area contributed by atoms with Crippen molar-refractivity contribution in [2.45, 2.75) is 44.6 Å². The normalized spacial score (nSPS) is 12.9. The molecule has 1 aromatic carbocycles. The van der Waals surface area contributed by atoms with Crippen LogP contribution in [0.15, 0.2) is 29.2 Å². The van der Waals surface area contributed by atoms with E-state index in [0.29, 0.717) is 12.8 Å². The van der Waals surface area contributed by atoms with E-state index in [2.05, 4.69) is 0 Å². The first-order chi connectivity index (χ1) is 9.31. The molecule has 0 aliphatic carbocycles. The standard InChI is InChI=1S/C14H20O5S/c1-11-6-8-14(9-7-11)20(16,17)18-10-4-5-12(2)19-13(3)15/h6-9,12H,4-5,10H2,1-3H3/t12-/m0/s1. The van der Waals surface area contributed by atoms with Gasteiger partial charge in [0, 0.05) is 6.92 Å². The Hall–Kier alpha value is -1.40. The summed E-state index contributed by atoms with van der Waals surface area (Å²) < 4.78 is 33.6. The molecule has 1 atom stereocenters. The molecule has 0 saturated carbocycles. The molecule has 1 aromatic rings. The minimum Gasteiger partial charge on any atom is -0.463 e. The van der Waals surface area contributed by atoms with E-state index < -0.39 is 10.1 Å². The average molecular weight is 300 g/mol. The van der Waals surface area contributed by atoms with Crippen LogP contribution in [-0.2, 0) is 23.8 Å². The fraction of sp³-hybridized carbons (Fsp3) is 0.500. The van der Waals surface area contributed by atoms with Crippen LogP contribution < -0.4 is 0 Å². The van der Waals surface area contributed by atoms with Gasteiger partial charge in [0.1, 0.15) is 0 Å². The maximum atomic E-state index is 11.9. The third-order valence-electron chi connectivity index (χ3n) is 2.67. The summed E-state index contributed by atoms with van der Waals surface area (Å²) in [4.78, 5) is 10.9. The van der Waals surface area contributed by atoms with Crippen LogP contribution in [0, 0.1) is 6.92 Å². The Morgan fingerprint density at radius 2 is 1.85 bits per heavy atom. The first kappa shape index (κ1) is 16.7. The number of esters is 1. The van der Waals surface area contributed by atoms with Crippen LogP contribution >= 0.6 is 0 Å². The fourth-order valence-electron chi connectivity index (χ4n) is 1.65. The van der Waals surface area contributed by atoms with Crippen molar-refractivity contribution in [1.29, 1.82) is 0 Å². The van der Waals surface area contributed by atoms with E-state index in [-0.39, 0.29) is 23.6 Å². The van der Waals surface area contributed by atoms with E-state index in [1.807, 2.05) is 6.92 Å². The molecule has 0 fully saturated rings. The Balaban J connectivity index is 2.41. The lowest BCUT2D eigenvalue weighted by Gasteiger charge is -2.11. The fourth-order valence-corrected chi connectivity index (χ4v) is 2.60. The smallest absolute Gasteiger partial charge is 0.302 e. The zero-order valence-electron chi connectivity index (χ0n) is 12.0. The van der Waals surface area contributed by atoms with Crippen molar-refractivity contribution in [2.24, 2.45) is 0 Å². The topological polar surface area (TPSA) is 69.7 Å². The van der Waals surface area contributed by atoms with Gasteiger partial charge in [0.05, 0.1) is 17.6 Å². The first-order valence-corrected chi connectivity index (χ1v) is 7.85. The van der Waals surface area contributed by atoms with Crippen LogP contribution in [0.2, 0.25) is 0 Å². The molecule has 0 aromatic heterocycles. The van der Waals surface area contributed by atoms with Crippen molar-refractivity contribution in [3.05, 3.63) is 29.8 Å². The van der Waals surface area contributed by atoms with Crippen LogP contribution in [0.25, 0.3) is 0 Å². The molecule has 0 N–H and O–H groups in total. The Bertz CT molecular complexity index is 533. The van der Waals surface area contributed by atoms with Crippen molar-refractivity contribution >= 4 is 16.1 Å². The summed E-state index contributed by atoms with van der Waals surface area (Å²) in [6.45, 7) is 5.06. The van der Waals surface area contributed by atoms with Gasteiger partial charge in [0.2, 0.25) is 0 Å². The van der Waals surface area contributed by atoms with Crippen LogP contribution in [0.4, 0.5) is 0 Å². The summed E-state index contributed by atoms with van der Waals surface area (Å²) >= 11 is 0. The Labute approximate surface area is 120 Å². The molecule has 20 heavy (non-hydrogen) atoms. The summed E-state index contributed by atoms with van der Waals surface area (Å²) in [7, 11) is -3.71.